The Kier molecular flexibility index (Phi) is 6.15. The van der Waals surface area contributed by atoms with E-state index < -0.39 is 23.8 Å². The van der Waals surface area contributed by atoms with Crippen LogP contribution in [0.25, 0.3) is 0 Å². The number of phenols is 1. The average Bonchev–Trinajstić information content (AvgIpc) is 2.46. The molecule has 7 N–H and O–H groups in total. The highest BCUT2D eigenvalue weighted by molar-refractivity contribution is 5.89. The lowest BCUT2D eigenvalue weighted by Crippen LogP contribution is -2.49. The monoisotopic (exact) mass is 294 g/mol. The fraction of sp³-hybridized carbons (Fsp3) is 0.308. The lowest BCUT2D eigenvalue weighted by atomic mass is 10.1. The number of carbonyl (C=O) groups excluding carboxylic acids is 3. The lowest BCUT2D eigenvalue weighted by molar-refractivity contribution is -0.128. The summed E-state index contributed by atoms with van der Waals surface area (Å²) in [5.41, 5.74) is 11.0. The first kappa shape index (κ1) is 16.4. The van der Waals surface area contributed by atoms with Crippen LogP contribution in [-0.4, -0.2) is 42.0 Å². The van der Waals surface area contributed by atoms with Gasteiger partial charge in [0.1, 0.15) is 11.8 Å². The van der Waals surface area contributed by atoms with Crippen LogP contribution in [-0.2, 0) is 20.8 Å². The van der Waals surface area contributed by atoms with Crippen LogP contribution in [0.15, 0.2) is 24.3 Å². The van der Waals surface area contributed by atoms with Gasteiger partial charge in [0, 0.05) is 6.42 Å². The number of nitrogens with one attached hydrogen (secondary N) is 2. The third-order valence-electron chi connectivity index (χ3n) is 2.69. The molecule has 0 aliphatic heterocycles. The molecule has 8 nitrogen and oxygen atoms in total. The second-order valence-corrected chi connectivity index (χ2v) is 4.37. The molecular formula is C13H18N4O4. The number of hydrogen-bond donors (Lipinski definition) is 5. The summed E-state index contributed by atoms with van der Waals surface area (Å²) in [6, 6.07) is 5.27. The summed E-state index contributed by atoms with van der Waals surface area (Å²) in [4.78, 5) is 33.9. The van der Waals surface area contributed by atoms with Gasteiger partial charge in [-0.15, -0.1) is 0 Å². The van der Waals surface area contributed by atoms with Crippen molar-refractivity contribution in [2.24, 2.45) is 11.5 Å². The molecule has 0 saturated carbocycles. The van der Waals surface area contributed by atoms with Crippen molar-refractivity contribution in [1.29, 1.82) is 0 Å². The first-order valence-electron chi connectivity index (χ1n) is 6.25. The highest BCUT2D eigenvalue weighted by Gasteiger charge is 2.18. The third-order valence-corrected chi connectivity index (χ3v) is 2.69. The van der Waals surface area contributed by atoms with E-state index in [4.69, 9.17) is 11.5 Å². The zero-order chi connectivity index (χ0) is 15.8. The Morgan fingerprint density at radius 2 is 1.76 bits per heavy atom. The van der Waals surface area contributed by atoms with E-state index in [1.165, 1.54) is 12.1 Å². The van der Waals surface area contributed by atoms with Crippen molar-refractivity contribution in [3.05, 3.63) is 29.8 Å². The van der Waals surface area contributed by atoms with Crippen LogP contribution in [0.1, 0.15) is 5.56 Å². The van der Waals surface area contributed by atoms with Crippen molar-refractivity contribution < 1.29 is 19.5 Å². The maximum atomic E-state index is 11.6. The summed E-state index contributed by atoms with van der Waals surface area (Å²) in [7, 11) is 0. The standard InChI is InChI=1S/C13H18N4O4/c14-6-11(19)16-7-12(20)17-10(13(15)21)5-8-1-3-9(18)4-2-8/h1-4,10,18H,5-7,14H2,(H2,15,21)(H,16,19)(H,17,20). The smallest absolute Gasteiger partial charge is 0.240 e. The second-order valence-electron chi connectivity index (χ2n) is 4.37. The van der Waals surface area contributed by atoms with Crippen LogP contribution < -0.4 is 22.1 Å². The molecule has 0 aliphatic carbocycles. The van der Waals surface area contributed by atoms with Crippen molar-refractivity contribution in [2.45, 2.75) is 12.5 Å². The van der Waals surface area contributed by atoms with Crippen LogP contribution in [0.2, 0.25) is 0 Å². The Labute approximate surface area is 121 Å². The first-order chi connectivity index (χ1) is 9.92. The van der Waals surface area contributed by atoms with Crippen LogP contribution in [0.5, 0.6) is 5.75 Å². The summed E-state index contributed by atoms with van der Waals surface area (Å²) in [5.74, 6) is -1.61. The van der Waals surface area contributed by atoms with E-state index in [1.54, 1.807) is 12.1 Å². The van der Waals surface area contributed by atoms with Gasteiger partial charge in [0.15, 0.2) is 0 Å². The number of amides is 3. The predicted molar refractivity (Wildman–Crippen MR) is 75.0 cm³/mol. The molecule has 1 atom stereocenters. The lowest BCUT2D eigenvalue weighted by Gasteiger charge is -2.16. The van der Waals surface area contributed by atoms with Gasteiger partial charge in [-0.05, 0) is 17.7 Å². The van der Waals surface area contributed by atoms with Crippen molar-refractivity contribution in [3.8, 4) is 5.75 Å². The Bertz CT molecular complexity index is 515. The normalized spacial score (nSPS) is 11.5. The molecule has 1 unspecified atom stereocenters. The Balaban J connectivity index is 2.57. The number of primary amides is 1. The van der Waals surface area contributed by atoms with Crippen LogP contribution in [0.3, 0.4) is 0 Å². The van der Waals surface area contributed by atoms with Crippen LogP contribution in [0, 0.1) is 0 Å². The summed E-state index contributed by atoms with van der Waals surface area (Å²) in [6.45, 7) is -0.505. The van der Waals surface area contributed by atoms with Crippen molar-refractivity contribution >= 4 is 17.7 Å². The second kappa shape index (κ2) is 7.85. The van der Waals surface area contributed by atoms with Gasteiger partial charge >= 0.3 is 0 Å². The molecule has 0 aliphatic rings. The number of phenolic OH excluding ortho intramolecular Hbond substituents is 1. The van der Waals surface area contributed by atoms with Gasteiger partial charge in [-0.3, -0.25) is 14.4 Å². The molecule has 0 saturated heterocycles. The molecule has 21 heavy (non-hydrogen) atoms. The van der Waals surface area contributed by atoms with Gasteiger partial charge in [-0.1, -0.05) is 12.1 Å². The zero-order valence-electron chi connectivity index (χ0n) is 11.3. The van der Waals surface area contributed by atoms with Crippen molar-refractivity contribution in [1.82, 2.24) is 10.6 Å². The summed E-state index contributed by atoms with van der Waals surface area (Å²) in [5, 5.41) is 13.9. The Hall–Kier alpha value is -2.61. The molecule has 3 amide bonds. The number of carbonyl (C=O) groups is 3. The van der Waals surface area contributed by atoms with Crippen LogP contribution >= 0.6 is 0 Å². The van der Waals surface area contributed by atoms with E-state index in [9.17, 15) is 19.5 Å². The third kappa shape index (κ3) is 5.91. The molecule has 114 valence electrons. The van der Waals surface area contributed by atoms with E-state index >= 15 is 0 Å². The van der Waals surface area contributed by atoms with Gasteiger partial charge in [0.05, 0.1) is 13.1 Å². The number of nitrogens with two attached hydrogens (primary N) is 2. The van der Waals surface area contributed by atoms with E-state index in [1.807, 2.05) is 0 Å². The Morgan fingerprint density at radius 1 is 1.14 bits per heavy atom. The molecule has 1 rings (SSSR count). The molecule has 1 aromatic rings. The predicted octanol–water partition coefficient (Wildman–Crippen LogP) is -2.02. The summed E-state index contributed by atoms with van der Waals surface area (Å²) >= 11 is 0. The van der Waals surface area contributed by atoms with Gasteiger partial charge in [-0.2, -0.15) is 0 Å². The molecule has 1 aromatic carbocycles. The van der Waals surface area contributed by atoms with Crippen molar-refractivity contribution in [2.75, 3.05) is 13.1 Å². The van der Waals surface area contributed by atoms with Gasteiger partial charge in [0.25, 0.3) is 0 Å². The molecule has 0 spiro atoms. The molecule has 0 fully saturated rings. The number of rotatable bonds is 7. The molecule has 0 radical (unpaired) electrons. The fourth-order valence-electron chi connectivity index (χ4n) is 1.59. The SMILES string of the molecule is NCC(=O)NCC(=O)NC(Cc1ccc(O)cc1)C(N)=O. The summed E-state index contributed by atoms with van der Waals surface area (Å²) < 4.78 is 0. The van der Waals surface area contributed by atoms with Crippen molar-refractivity contribution in [3.63, 3.8) is 0 Å². The summed E-state index contributed by atoms with van der Waals surface area (Å²) in [6.07, 6.45) is 0.187. The minimum absolute atomic E-state index is 0.0999. The van der Waals surface area contributed by atoms with Gasteiger partial charge < -0.3 is 27.2 Å². The van der Waals surface area contributed by atoms with E-state index in [2.05, 4.69) is 10.6 Å². The largest absolute Gasteiger partial charge is 0.508 e. The molecule has 0 bridgehead atoms. The first-order valence-corrected chi connectivity index (χ1v) is 6.25. The minimum Gasteiger partial charge on any atom is -0.508 e. The number of hydrogen-bond acceptors (Lipinski definition) is 5. The minimum atomic E-state index is -0.906. The molecular weight excluding hydrogens is 276 g/mol. The van der Waals surface area contributed by atoms with E-state index in [0.717, 1.165) is 5.56 Å². The zero-order valence-corrected chi connectivity index (χ0v) is 11.3. The number of aromatic hydroxyl groups is 1. The van der Waals surface area contributed by atoms with Gasteiger partial charge in [-0.25, -0.2) is 0 Å². The average molecular weight is 294 g/mol. The maximum Gasteiger partial charge on any atom is 0.240 e. The van der Waals surface area contributed by atoms with Crippen LogP contribution in [0.4, 0.5) is 0 Å². The van der Waals surface area contributed by atoms with Gasteiger partial charge in [0.2, 0.25) is 17.7 Å². The molecule has 8 heteroatoms. The number of benzene rings is 1. The fourth-order valence-corrected chi connectivity index (χ4v) is 1.59. The van der Waals surface area contributed by atoms with E-state index in [-0.39, 0.29) is 25.3 Å². The quantitative estimate of drug-likeness (QED) is 0.394. The van der Waals surface area contributed by atoms with E-state index in [0.29, 0.717) is 0 Å². The highest BCUT2D eigenvalue weighted by atomic mass is 16.3. The molecule has 0 heterocycles. The highest BCUT2D eigenvalue weighted by Crippen LogP contribution is 2.11. The topological polar surface area (TPSA) is 148 Å². The molecule has 0 aromatic heterocycles. The maximum absolute atomic E-state index is 11.6. The Morgan fingerprint density at radius 3 is 2.29 bits per heavy atom.